The molecule has 1 saturated heterocycles. The van der Waals surface area contributed by atoms with Crippen LogP contribution in [0.15, 0.2) is 75.1 Å². The van der Waals surface area contributed by atoms with Crippen molar-refractivity contribution in [1.29, 1.82) is 0 Å². The molecule has 4 aliphatic rings. The normalized spacial score (nSPS) is 18.6. The third-order valence-corrected chi connectivity index (χ3v) is 19.6. The molecule has 1 saturated carbocycles. The molecule has 0 bridgehead atoms. The summed E-state index contributed by atoms with van der Waals surface area (Å²) in [7, 11) is 1.75. The van der Waals surface area contributed by atoms with Crippen molar-refractivity contribution in [3.63, 3.8) is 0 Å². The predicted octanol–water partition coefficient (Wildman–Crippen LogP) is 12.0. The van der Waals surface area contributed by atoms with E-state index in [2.05, 4.69) is 21.7 Å². The molecular weight excluding hydrogens is 1150 g/mol. The first-order valence-electron chi connectivity index (χ1n) is 28.4. The lowest BCUT2D eigenvalue weighted by atomic mass is 9.90. The van der Waals surface area contributed by atoms with E-state index in [4.69, 9.17) is 52.7 Å². The van der Waals surface area contributed by atoms with Gasteiger partial charge in [-0.1, -0.05) is 41.5 Å². The molecule has 2 aromatic carbocycles. The Labute approximate surface area is 501 Å². The average molecular weight is 1210 g/mol. The van der Waals surface area contributed by atoms with Gasteiger partial charge in [-0.15, -0.1) is 22.7 Å². The number of hydrogen-bond acceptors (Lipinski definition) is 15. The molecule has 0 amide bonds. The topological polar surface area (TPSA) is 164 Å². The summed E-state index contributed by atoms with van der Waals surface area (Å²) in [6, 6.07) is 13.5. The highest BCUT2D eigenvalue weighted by molar-refractivity contribution is 7.18. The second-order valence-electron chi connectivity index (χ2n) is 22.3. The number of hydrogen-bond donors (Lipinski definition) is 0. The third kappa shape index (κ3) is 11.3. The third-order valence-electron chi connectivity index (χ3n) is 17.1. The lowest BCUT2D eigenvalue weighted by Crippen LogP contribution is -2.50. The number of pyridine rings is 2. The maximum absolute atomic E-state index is 14.8. The van der Waals surface area contributed by atoms with Crippen molar-refractivity contribution in [3.05, 3.63) is 153 Å². The number of likely N-dealkylation sites (tertiary alicyclic amines) is 1. The molecule has 0 N–H and O–H groups in total. The van der Waals surface area contributed by atoms with E-state index in [9.17, 15) is 28.0 Å². The number of benzene rings is 2. The van der Waals surface area contributed by atoms with Gasteiger partial charge in [-0.05, 0) is 154 Å². The van der Waals surface area contributed by atoms with Crippen molar-refractivity contribution < 1.29 is 32.9 Å². The summed E-state index contributed by atoms with van der Waals surface area (Å²) in [6.45, 7) is 7.96. The molecule has 7 heterocycles. The fourth-order valence-electron chi connectivity index (χ4n) is 12.8. The van der Waals surface area contributed by atoms with Crippen molar-refractivity contribution in [2.75, 3.05) is 26.7 Å². The molecule has 6 aromatic heterocycles. The number of rotatable bonds is 12. The zero-order valence-electron chi connectivity index (χ0n) is 46.9. The highest BCUT2D eigenvalue weighted by atomic mass is 35.5. The number of thiophene rings is 2. The predicted molar refractivity (Wildman–Crippen MR) is 322 cm³/mol. The minimum Gasteiger partial charge on any atom is -0.491 e. The molecule has 1 aliphatic heterocycles. The van der Waals surface area contributed by atoms with Crippen LogP contribution in [0.4, 0.5) is 8.78 Å². The Kier molecular flexibility index (Phi) is 16.3. The van der Waals surface area contributed by atoms with Crippen LogP contribution in [0, 0.1) is 32.6 Å². The van der Waals surface area contributed by atoms with E-state index < -0.39 is 23.9 Å². The SMILES string of the molecule is Cc1cc(-c2cc(Cl)ccc2OCCn2c(C)nc3c(c2=O)C[C@@H](N(C)C2CCCC2(F)F)CC3)c2scc(C(=O)OOC(=O)c3csc4c(-c5cc(Cl)ccc5C#CCn5c(C)nc6c(c5=O)C[C@H](N5CCCCC5)CC6)ccnc34)c2n1. The highest BCUT2D eigenvalue weighted by Gasteiger charge is 2.48. The zero-order chi connectivity index (χ0) is 58.6. The second-order valence-corrected chi connectivity index (χ2v) is 24.9. The lowest BCUT2D eigenvalue weighted by molar-refractivity contribution is -0.187. The van der Waals surface area contributed by atoms with Gasteiger partial charge >= 0.3 is 11.9 Å². The number of aromatic nitrogens is 6. The van der Waals surface area contributed by atoms with E-state index in [1.807, 2.05) is 25.1 Å². The van der Waals surface area contributed by atoms with Gasteiger partial charge in [-0.2, -0.15) is 0 Å². The van der Waals surface area contributed by atoms with Gasteiger partial charge in [0.05, 0.1) is 51.0 Å². The summed E-state index contributed by atoms with van der Waals surface area (Å²) in [6.07, 6.45) is 10.0. The first kappa shape index (κ1) is 57.5. The van der Waals surface area contributed by atoms with Crippen LogP contribution in [0.2, 0.25) is 10.0 Å². The summed E-state index contributed by atoms with van der Waals surface area (Å²) in [5.41, 5.74) is 7.39. The molecule has 1 unspecified atom stereocenters. The van der Waals surface area contributed by atoms with E-state index in [1.165, 1.54) is 41.9 Å². The molecule has 84 heavy (non-hydrogen) atoms. The van der Waals surface area contributed by atoms with Crippen LogP contribution < -0.4 is 15.9 Å². The fraction of sp³-hybridized carbons (Fsp3) is 0.397. The van der Waals surface area contributed by atoms with Crippen LogP contribution in [0.25, 0.3) is 42.7 Å². The summed E-state index contributed by atoms with van der Waals surface area (Å²) >= 11 is 15.7. The van der Waals surface area contributed by atoms with Gasteiger partial charge in [-0.25, -0.2) is 38.1 Å². The van der Waals surface area contributed by atoms with Gasteiger partial charge in [-0.3, -0.25) is 33.6 Å². The summed E-state index contributed by atoms with van der Waals surface area (Å²) in [5.74, 6) is 3.49. The molecule has 12 rings (SSSR count). The van der Waals surface area contributed by atoms with Gasteiger partial charge in [0.15, 0.2) is 0 Å². The number of carbonyl (C=O) groups is 2. The maximum Gasteiger partial charge on any atom is 0.389 e. The Bertz CT molecular complexity index is 4130. The molecule has 3 aliphatic carbocycles. The number of alkyl halides is 2. The van der Waals surface area contributed by atoms with E-state index >= 15 is 0 Å². The number of ether oxygens (including phenoxy) is 1. The molecule has 0 radical (unpaired) electrons. The van der Waals surface area contributed by atoms with Gasteiger partial charge in [0.25, 0.3) is 17.0 Å². The molecule has 8 aromatic rings. The summed E-state index contributed by atoms with van der Waals surface area (Å²) in [5, 5.41) is 4.07. The van der Waals surface area contributed by atoms with Gasteiger partial charge < -0.3 is 9.64 Å². The van der Waals surface area contributed by atoms with E-state index in [0.29, 0.717) is 137 Å². The molecule has 3 atom stereocenters. The van der Waals surface area contributed by atoms with Crippen LogP contribution in [-0.4, -0.2) is 102 Å². The number of aryl methyl sites for hydroxylation is 5. The first-order chi connectivity index (χ1) is 40.5. The number of likely N-dealkylation sites (N-methyl/N-ethyl adjacent to an activating group) is 1. The Balaban J connectivity index is 0.731. The number of carbonyl (C=O) groups excluding carboxylic acids is 2. The number of fused-ring (bicyclic) bond motifs is 4. The van der Waals surface area contributed by atoms with Crippen LogP contribution >= 0.6 is 45.9 Å². The molecule has 15 nitrogen and oxygen atoms in total. The highest BCUT2D eigenvalue weighted by Crippen LogP contribution is 2.43. The largest absolute Gasteiger partial charge is 0.491 e. The standard InChI is InChI=1S/C63H60Cl2F2N8O7S2/c1-35-28-46(45-30-40(65)14-19-53(45)80-27-26-75-37(3)71-51-17-15-41(31-47(51)60(75)77)72(4)54-11-8-21-63(54,66)67)58-56(69-35)50(34-84-58)62(79)82-81-61(78)49-33-83-57-43(20-22-68-55(49)57)44-29-39(64)13-12-38(44)10-9-25-74-36(2)70-52-18-16-42(32-48(52)59(74)76)73-23-6-5-7-24-73/h12-14,19-20,22,28-30,33-34,41-42,54H,5-8,11,15-18,21,23-27,31-32H2,1-4H3/t41-,42+,54?/m0/s1. The van der Waals surface area contributed by atoms with Crippen molar-refractivity contribution >= 4 is 78.2 Å². The Hall–Kier alpha value is -6.92. The minimum atomic E-state index is -2.75. The van der Waals surface area contributed by atoms with Crippen molar-refractivity contribution in [1.82, 2.24) is 38.9 Å². The second kappa shape index (κ2) is 23.9. The van der Waals surface area contributed by atoms with E-state index in [-0.39, 0.29) is 54.4 Å². The van der Waals surface area contributed by atoms with Crippen LogP contribution in [0.3, 0.4) is 0 Å². The number of piperidine rings is 1. The monoisotopic (exact) mass is 1210 g/mol. The zero-order valence-corrected chi connectivity index (χ0v) is 50.0. The summed E-state index contributed by atoms with van der Waals surface area (Å²) in [4.78, 5) is 89.4. The van der Waals surface area contributed by atoms with Crippen molar-refractivity contribution in [2.24, 2.45) is 0 Å². The smallest absolute Gasteiger partial charge is 0.389 e. The first-order valence-corrected chi connectivity index (χ1v) is 30.9. The van der Waals surface area contributed by atoms with Gasteiger partial charge in [0, 0.05) is 90.1 Å². The van der Waals surface area contributed by atoms with Crippen molar-refractivity contribution in [2.45, 2.75) is 135 Å². The van der Waals surface area contributed by atoms with E-state index in [1.54, 1.807) is 82.2 Å². The van der Waals surface area contributed by atoms with Gasteiger partial charge in [0.2, 0.25) is 0 Å². The molecule has 21 heteroatoms. The quantitative estimate of drug-likeness (QED) is 0.0645. The Morgan fingerprint density at radius 3 is 2.13 bits per heavy atom. The Morgan fingerprint density at radius 1 is 0.750 bits per heavy atom. The lowest BCUT2D eigenvalue weighted by Gasteiger charge is -2.38. The Morgan fingerprint density at radius 2 is 1.40 bits per heavy atom. The number of halogens is 4. The minimum absolute atomic E-state index is 0.0340. The fourth-order valence-corrected chi connectivity index (χ4v) is 15.1. The average Bonchev–Trinajstić information content (AvgIpc) is 4.38. The molecule has 434 valence electrons. The van der Waals surface area contributed by atoms with E-state index in [0.717, 1.165) is 37.2 Å². The summed E-state index contributed by atoms with van der Waals surface area (Å²) < 4.78 is 40.5. The van der Waals surface area contributed by atoms with Gasteiger partial charge in [0.1, 0.15) is 35.1 Å². The molecule has 0 spiro atoms. The van der Waals surface area contributed by atoms with Crippen LogP contribution in [0.5, 0.6) is 5.75 Å². The maximum atomic E-state index is 14.8. The van der Waals surface area contributed by atoms with Crippen LogP contribution in [-0.2, 0) is 48.5 Å². The number of nitrogens with zero attached hydrogens (tertiary/aromatic N) is 8. The van der Waals surface area contributed by atoms with Crippen LogP contribution in [0.1, 0.15) is 118 Å². The van der Waals surface area contributed by atoms with Crippen molar-refractivity contribution in [3.8, 4) is 39.8 Å². The molecular formula is C63H60Cl2F2N8O7S2. The molecule has 2 fully saturated rings.